The van der Waals surface area contributed by atoms with Crippen molar-refractivity contribution in [2.45, 2.75) is 45.1 Å². The van der Waals surface area contributed by atoms with Crippen LogP contribution in [0.25, 0.3) is 5.65 Å². The number of rotatable bonds is 4. The third-order valence-electron chi connectivity index (χ3n) is 4.68. The van der Waals surface area contributed by atoms with Gasteiger partial charge in [-0.3, -0.25) is 9.48 Å². The molecule has 4 rings (SSSR count). The van der Waals surface area contributed by atoms with Crippen molar-refractivity contribution in [2.75, 3.05) is 5.32 Å². The summed E-state index contributed by atoms with van der Waals surface area (Å²) in [7, 11) is 0. The topological polar surface area (TPSA) is 77.1 Å². The van der Waals surface area contributed by atoms with Gasteiger partial charge in [0.05, 0.1) is 29.7 Å². The first-order chi connectivity index (χ1) is 11.8. The maximum absolute atomic E-state index is 12.7. The molecular formula is C17H20N6O. The van der Waals surface area contributed by atoms with Gasteiger partial charge in [0.15, 0.2) is 5.65 Å². The van der Waals surface area contributed by atoms with E-state index >= 15 is 0 Å². The normalized spacial score (nSPS) is 15.2. The largest absolute Gasteiger partial charge is 0.317 e. The highest BCUT2D eigenvalue weighted by atomic mass is 16.1. The molecule has 1 fully saturated rings. The highest BCUT2D eigenvalue weighted by Crippen LogP contribution is 2.31. The van der Waals surface area contributed by atoms with Gasteiger partial charge in [-0.2, -0.15) is 10.2 Å². The molecule has 0 spiro atoms. The zero-order valence-electron chi connectivity index (χ0n) is 13.6. The molecule has 7 nitrogen and oxygen atoms in total. The van der Waals surface area contributed by atoms with Crippen molar-refractivity contribution in [1.29, 1.82) is 0 Å². The molecule has 0 bridgehead atoms. The summed E-state index contributed by atoms with van der Waals surface area (Å²) < 4.78 is 3.69. The molecule has 1 amide bonds. The van der Waals surface area contributed by atoms with E-state index in [-0.39, 0.29) is 5.91 Å². The van der Waals surface area contributed by atoms with E-state index in [4.69, 9.17) is 0 Å². The van der Waals surface area contributed by atoms with Gasteiger partial charge in [0.1, 0.15) is 5.69 Å². The number of carbonyl (C=O) groups excluding carboxylic acids is 1. The first kappa shape index (κ1) is 14.9. The van der Waals surface area contributed by atoms with Crippen molar-refractivity contribution in [3.05, 3.63) is 42.1 Å². The fourth-order valence-corrected chi connectivity index (χ4v) is 3.50. The van der Waals surface area contributed by atoms with Crippen molar-refractivity contribution in [2.24, 2.45) is 0 Å². The van der Waals surface area contributed by atoms with Crippen LogP contribution in [0.4, 0.5) is 5.69 Å². The summed E-state index contributed by atoms with van der Waals surface area (Å²) >= 11 is 0. The van der Waals surface area contributed by atoms with Gasteiger partial charge in [0.2, 0.25) is 0 Å². The van der Waals surface area contributed by atoms with E-state index in [9.17, 15) is 4.79 Å². The van der Waals surface area contributed by atoms with E-state index in [1.807, 2.05) is 0 Å². The lowest BCUT2D eigenvalue weighted by molar-refractivity contribution is 0.102. The Morgan fingerprint density at radius 1 is 1.29 bits per heavy atom. The van der Waals surface area contributed by atoms with E-state index in [1.165, 1.54) is 12.8 Å². The molecule has 0 aliphatic heterocycles. The number of nitrogens with one attached hydrogen (secondary N) is 1. The van der Waals surface area contributed by atoms with Crippen LogP contribution >= 0.6 is 0 Å². The summed E-state index contributed by atoms with van der Waals surface area (Å²) in [6, 6.07) is 2.23. The summed E-state index contributed by atoms with van der Waals surface area (Å²) in [5.41, 5.74) is 2.88. The molecule has 3 heterocycles. The molecule has 0 aromatic carbocycles. The number of carbonyl (C=O) groups is 1. The molecule has 0 unspecified atom stereocenters. The Balaban J connectivity index is 1.62. The van der Waals surface area contributed by atoms with E-state index in [0.29, 0.717) is 22.9 Å². The van der Waals surface area contributed by atoms with E-state index in [0.717, 1.165) is 25.0 Å². The number of aromatic nitrogens is 5. The third kappa shape index (κ3) is 2.46. The lowest BCUT2D eigenvalue weighted by Crippen LogP contribution is -2.16. The van der Waals surface area contributed by atoms with Gasteiger partial charge in [0.25, 0.3) is 5.91 Å². The van der Waals surface area contributed by atoms with Crippen molar-refractivity contribution < 1.29 is 4.79 Å². The Hall–Kier alpha value is -2.70. The Morgan fingerprint density at radius 2 is 2.12 bits per heavy atom. The molecule has 1 aliphatic carbocycles. The summed E-state index contributed by atoms with van der Waals surface area (Å²) in [6.07, 6.45) is 12.3. The van der Waals surface area contributed by atoms with Crippen LogP contribution in [-0.4, -0.2) is 30.3 Å². The number of hydrogen-bond donors (Lipinski definition) is 1. The van der Waals surface area contributed by atoms with Crippen LogP contribution in [0.1, 0.15) is 54.7 Å². The highest BCUT2D eigenvalue weighted by Gasteiger charge is 2.24. The molecule has 0 atom stereocenters. The lowest BCUT2D eigenvalue weighted by Gasteiger charge is -2.14. The maximum atomic E-state index is 12.7. The van der Waals surface area contributed by atoms with Crippen LogP contribution in [0.5, 0.6) is 0 Å². The molecule has 7 heteroatoms. The quantitative estimate of drug-likeness (QED) is 0.800. The summed E-state index contributed by atoms with van der Waals surface area (Å²) in [6.45, 7) is 2.07. The molecule has 0 radical (unpaired) electrons. The van der Waals surface area contributed by atoms with Gasteiger partial charge >= 0.3 is 0 Å². The number of nitrogens with zero attached hydrogens (tertiary/aromatic N) is 5. The Labute approximate surface area is 139 Å². The van der Waals surface area contributed by atoms with Crippen molar-refractivity contribution in [1.82, 2.24) is 24.4 Å². The molecule has 124 valence electrons. The van der Waals surface area contributed by atoms with Gasteiger partial charge in [0, 0.05) is 12.4 Å². The van der Waals surface area contributed by atoms with E-state index in [2.05, 4.69) is 32.1 Å². The molecule has 1 saturated carbocycles. The number of fused-ring (bicyclic) bond motifs is 1. The van der Waals surface area contributed by atoms with Crippen molar-refractivity contribution in [3.8, 4) is 0 Å². The van der Waals surface area contributed by atoms with Crippen molar-refractivity contribution >= 4 is 17.2 Å². The highest BCUT2D eigenvalue weighted by molar-refractivity contribution is 6.06. The van der Waals surface area contributed by atoms with Crippen LogP contribution in [0.3, 0.4) is 0 Å². The second kappa shape index (κ2) is 6.07. The predicted octanol–water partition coefficient (Wildman–Crippen LogP) is 2.86. The SMILES string of the molecule is CCc1c(C(=O)Nc2cnn3cccnc23)cnn1C1CCCC1. The molecule has 24 heavy (non-hydrogen) atoms. The van der Waals surface area contributed by atoms with Crippen LogP contribution in [0, 0.1) is 0 Å². The fourth-order valence-electron chi connectivity index (χ4n) is 3.50. The molecule has 1 aliphatic rings. The predicted molar refractivity (Wildman–Crippen MR) is 90.1 cm³/mol. The number of hydrogen-bond acceptors (Lipinski definition) is 4. The van der Waals surface area contributed by atoms with Crippen molar-refractivity contribution in [3.63, 3.8) is 0 Å². The monoisotopic (exact) mass is 324 g/mol. The zero-order chi connectivity index (χ0) is 16.5. The second-order valence-electron chi connectivity index (χ2n) is 6.14. The molecule has 0 saturated heterocycles. The molecular weight excluding hydrogens is 304 g/mol. The standard InChI is InChI=1S/C17H20N6O/c1-2-15-13(10-20-23(15)12-6-3-4-7-12)17(24)21-14-11-19-22-9-5-8-18-16(14)22/h5,8-12H,2-4,6-7H2,1H3,(H,21,24). The second-order valence-corrected chi connectivity index (χ2v) is 6.14. The minimum absolute atomic E-state index is 0.156. The number of amides is 1. The number of anilines is 1. The Kier molecular flexibility index (Phi) is 3.76. The Morgan fingerprint density at radius 3 is 2.92 bits per heavy atom. The minimum Gasteiger partial charge on any atom is -0.317 e. The first-order valence-corrected chi connectivity index (χ1v) is 8.44. The zero-order valence-corrected chi connectivity index (χ0v) is 13.6. The first-order valence-electron chi connectivity index (χ1n) is 8.44. The van der Waals surface area contributed by atoms with E-state index in [1.54, 1.807) is 35.4 Å². The van der Waals surface area contributed by atoms with Crippen LogP contribution in [-0.2, 0) is 6.42 Å². The summed E-state index contributed by atoms with van der Waals surface area (Å²) in [4.78, 5) is 17.0. The van der Waals surface area contributed by atoms with Gasteiger partial charge in [-0.25, -0.2) is 9.50 Å². The average Bonchev–Trinajstić information content (AvgIpc) is 3.33. The molecule has 3 aromatic rings. The molecule has 1 N–H and O–H groups in total. The fraction of sp³-hybridized carbons (Fsp3) is 0.412. The minimum atomic E-state index is -0.156. The van der Waals surface area contributed by atoms with Gasteiger partial charge in [-0.15, -0.1) is 0 Å². The lowest BCUT2D eigenvalue weighted by atomic mass is 10.1. The Bertz CT molecular complexity index is 874. The van der Waals surface area contributed by atoms with Gasteiger partial charge in [-0.1, -0.05) is 19.8 Å². The third-order valence-corrected chi connectivity index (χ3v) is 4.68. The smallest absolute Gasteiger partial charge is 0.259 e. The van der Waals surface area contributed by atoms with Gasteiger partial charge < -0.3 is 5.32 Å². The van der Waals surface area contributed by atoms with Crippen LogP contribution in [0.15, 0.2) is 30.9 Å². The van der Waals surface area contributed by atoms with Crippen LogP contribution in [0.2, 0.25) is 0 Å². The van der Waals surface area contributed by atoms with Gasteiger partial charge in [-0.05, 0) is 25.3 Å². The van der Waals surface area contributed by atoms with Crippen LogP contribution < -0.4 is 5.32 Å². The summed E-state index contributed by atoms with van der Waals surface area (Å²) in [5, 5.41) is 11.6. The molecule has 3 aromatic heterocycles. The maximum Gasteiger partial charge on any atom is 0.259 e. The van der Waals surface area contributed by atoms with E-state index < -0.39 is 0 Å². The summed E-state index contributed by atoms with van der Waals surface area (Å²) in [5.74, 6) is -0.156. The average molecular weight is 324 g/mol.